The summed E-state index contributed by atoms with van der Waals surface area (Å²) in [6.45, 7) is 5.28. The summed E-state index contributed by atoms with van der Waals surface area (Å²) in [5.74, 6) is -0.268. The molecular weight excluding hydrogens is 354 g/mol. The van der Waals surface area contributed by atoms with E-state index in [1.54, 1.807) is 29.2 Å². The molecule has 0 fully saturated rings. The Morgan fingerprint density at radius 2 is 1.75 bits per heavy atom. The SMILES string of the molecule is CC(=O)Nc1ccc(N(CCC(=O)N2c3ccccc3CC2C)C(C)=O)cc1. The topological polar surface area (TPSA) is 69.7 Å². The van der Waals surface area contributed by atoms with E-state index in [0.717, 1.165) is 12.1 Å². The molecular formula is C22H25N3O3. The predicted molar refractivity (Wildman–Crippen MR) is 110 cm³/mol. The Morgan fingerprint density at radius 1 is 1.07 bits per heavy atom. The van der Waals surface area contributed by atoms with Crippen LogP contribution in [-0.2, 0) is 20.8 Å². The molecule has 1 unspecified atom stereocenters. The summed E-state index contributed by atoms with van der Waals surface area (Å²) in [6.07, 6.45) is 1.09. The first-order chi connectivity index (χ1) is 13.4. The van der Waals surface area contributed by atoms with Gasteiger partial charge in [0, 0.05) is 49.9 Å². The number of nitrogens with zero attached hydrogens (tertiary/aromatic N) is 2. The number of anilines is 3. The lowest BCUT2D eigenvalue weighted by atomic mass is 10.1. The number of hydrogen-bond acceptors (Lipinski definition) is 3. The highest BCUT2D eigenvalue weighted by Gasteiger charge is 2.30. The molecule has 0 radical (unpaired) electrons. The molecule has 2 aromatic carbocycles. The Morgan fingerprint density at radius 3 is 2.39 bits per heavy atom. The molecule has 0 spiro atoms. The molecule has 146 valence electrons. The Hall–Kier alpha value is -3.15. The Kier molecular flexibility index (Phi) is 5.78. The van der Waals surface area contributed by atoms with Crippen LogP contribution in [0.15, 0.2) is 48.5 Å². The maximum Gasteiger partial charge on any atom is 0.229 e. The lowest BCUT2D eigenvalue weighted by molar-refractivity contribution is -0.119. The number of hydrogen-bond donors (Lipinski definition) is 1. The molecule has 1 aliphatic rings. The molecule has 3 amide bonds. The highest BCUT2D eigenvalue weighted by Crippen LogP contribution is 2.32. The third-order valence-corrected chi connectivity index (χ3v) is 4.90. The van der Waals surface area contributed by atoms with Gasteiger partial charge in [-0.15, -0.1) is 0 Å². The fraction of sp³-hybridized carbons (Fsp3) is 0.318. The number of fused-ring (bicyclic) bond motifs is 1. The van der Waals surface area contributed by atoms with Gasteiger partial charge in [0.15, 0.2) is 0 Å². The first-order valence-electron chi connectivity index (χ1n) is 9.42. The minimum Gasteiger partial charge on any atom is -0.326 e. The average Bonchev–Trinajstić information content (AvgIpc) is 2.98. The maximum atomic E-state index is 12.9. The molecule has 1 atom stereocenters. The van der Waals surface area contributed by atoms with Gasteiger partial charge in [0.25, 0.3) is 0 Å². The van der Waals surface area contributed by atoms with Gasteiger partial charge in [0.1, 0.15) is 0 Å². The minimum atomic E-state index is -0.151. The van der Waals surface area contributed by atoms with Crippen molar-refractivity contribution in [1.29, 1.82) is 0 Å². The number of para-hydroxylation sites is 1. The van der Waals surface area contributed by atoms with Crippen molar-refractivity contribution >= 4 is 34.8 Å². The van der Waals surface area contributed by atoms with Crippen molar-refractivity contribution in [2.75, 3.05) is 21.7 Å². The standard InChI is InChI=1S/C22H25N3O3/c1-15-14-18-6-4-5-7-21(18)25(15)22(28)12-13-24(17(3)27)20-10-8-19(9-11-20)23-16(2)26/h4-11,15H,12-14H2,1-3H3,(H,23,26). The lowest BCUT2D eigenvalue weighted by Crippen LogP contribution is -2.39. The van der Waals surface area contributed by atoms with Crippen LogP contribution in [0.3, 0.4) is 0 Å². The van der Waals surface area contributed by atoms with Gasteiger partial charge in [-0.05, 0) is 49.2 Å². The van der Waals surface area contributed by atoms with Crippen molar-refractivity contribution in [1.82, 2.24) is 0 Å². The quantitative estimate of drug-likeness (QED) is 0.866. The normalized spacial score (nSPS) is 15.1. The third-order valence-electron chi connectivity index (χ3n) is 4.90. The predicted octanol–water partition coefficient (Wildman–Crippen LogP) is 3.37. The monoisotopic (exact) mass is 379 g/mol. The molecule has 0 bridgehead atoms. The van der Waals surface area contributed by atoms with E-state index in [1.807, 2.05) is 30.0 Å². The molecule has 6 nitrogen and oxygen atoms in total. The van der Waals surface area contributed by atoms with Crippen LogP contribution in [0.1, 0.15) is 32.8 Å². The second-order valence-electron chi connectivity index (χ2n) is 7.09. The van der Waals surface area contributed by atoms with Gasteiger partial charge in [-0.1, -0.05) is 18.2 Å². The average molecular weight is 379 g/mol. The van der Waals surface area contributed by atoms with Crippen LogP contribution >= 0.6 is 0 Å². The van der Waals surface area contributed by atoms with E-state index in [1.165, 1.54) is 19.4 Å². The first-order valence-corrected chi connectivity index (χ1v) is 9.42. The van der Waals surface area contributed by atoms with Crippen LogP contribution in [0.2, 0.25) is 0 Å². The van der Waals surface area contributed by atoms with E-state index < -0.39 is 0 Å². The van der Waals surface area contributed by atoms with Crippen molar-refractivity contribution in [3.05, 3.63) is 54.1 Å². The molecule has 0 aliphatic carbocycles. The van der Waals surface area contributed by atoms with Crippen LogP contribution < -0.4 is 15.1 Å². The zero-order chi connectivity index (χ0) is 20.3. The summed E-state index contributed by atoms with van der Waals surface area (Å²) in [4.78, 5) is 39.6. The maximum absolute atomic E-state index is 12.9. The van der Waals surface area contributed by atoms with Gasteiger partial charge in [0.2, 0.25) is 17.7 Å². The molecule has 1 N–H and O–H groups in total. The minimum absolute atomic E-state index is 0.0126. The number of rotatable bonds is 5. The number of benzene rings is 2. The summed E-state index contributed by atoms with van der Waals surface area (Å²) in [6, 6.07) is 15.1. The smallest absolute Gasteiger partial charge is 0.229 e. The number of carbonyl (C=O) groups excluding carboxylic acids is 3. The highest BCUT2D eigenvalue weighted by molar-refractivity contribution is 5.98. The summed E-state index contributed by atoms with van der Waals surface area (Å²) >= 11 is 0. The molecule has 0 aromatic heterocycles. The van der Waals surface area contributed by atoms with Crippen LogP contribution in [-0.4, -0.2) is 30.3 Å². The Bertz CT molecular complexity index is 892. The molecule has 0 saturated heterocycles. The summed E-state index contributed by atoms with van der Waals surface area (Å²) in [5.41, 5.74) is 3.51. The van der Waals surface area contributed by atoms with Crippen molar-refractivity contribution < 1.29 is 14.4 Å². The van der Waals surface area contributed by atoms with Crippen LogP contribution in [0, 0.1) is 0 Å². The molecule has 2 aromatic rings. The molecule has 0 saturated carbocycles. The van der Waals surface area contributed by atoms with Crippen LogP contribution in [0.5, 0.6) is 0 Å². The molecule has 28 heavy (non-hydrogen) atoms. The largest absolute Gasteiger partial charge is 0.326 e. The Labute approximate surface area is 165 Å². The van der Waals surface area contributed by atoms with Gasteiger partial charge in [-0.2, -0.15) is 0 Å². The fourth-order valence-corrected chi connectivity index (χ4v) is 3.67. The van der Waals surface area contributed by atoms with Gasteiger partial charge in [-0.25, -0.2) is 0 Å². The Balaban J connectivity index is 1.69. The molecule has 1 aliphatic heterocycles. The molecule has 1 heterocycles. The van der Waals surface area contributed by atoms with Crippen molar-refractivity contribution in [3.8, 4) is 0 Å². The number of carbonyl (C=O) groups is 3. The van der Waals surface area contributed by atoms with Gasteiger partial charge < -0.3 is 15.1 Å². The van der Waals surface area contributed by atoms with Crippen molar-refractivity contribution in [3.63, 3.8) is 0 Å². The zero-order valence-electron chi connectivity index (χ0n) is 16.4. The van der Waals surface area contributed by atoms with E-state index in [2.05, 4.69) is 11.4 Å². The second-order valence-corrected chi connectivity index (χ2v) is 7.09. The van der Waals surface area contributed by atoms with E-state index in [4.69, 9.17) is 0 Å². The first kappa shape index (κ1) is 19.6. The van der Waals surface area contributed by atoms with Crippen LogP contribution in [0.4, 0.5) is 17.1 Å². The zero-order valence-corrected chi connectivity index (χ0v) is 16.4. The van der Waals surface area contributed by atoms with E-state index >= 15 is 0 Å². The molecule has 6 heteroatoms. The summed E-state index contributed by atoms with van der Waals surface area (Å²) in [5, 5.41) is 2.70. The second kappa shape index (κ2) is 8.25. The highest BCUT2D eigenvalue weighted by atomic mass is 16.2. The molecule has 3 rings (SSSR count). The van der Waals surface area contributed by atoms with Crippen molar-refractivity contribution in [2.24, 2.45) is 0 Å². The van der Waals surface area contributed by atoms with E-state index in [0.29, 0.717) is 17.9 Å². The van der Waals surface area contributed by atoms with Crippen molar-refractivity contribution in [2.45, 2.75) is 39.7 Å². The summed E-state index contributed by atoms with van der Waals surface area (Å²) < 4.78 is 0. The van der Waals surface area contributed by atoms with Gasteiger partial charge in [-0.3, -0.25) is 14.4 Å². The van der Waals surface area contributed by atoms with E-state index in [-0.39, 0.29) is 30.2 Å². The van der Waals surface area contributed by atoms with Gasteiger partial charge in [0.05, 0.1) is 0 Å². The van der Waals surface area contributed by atoms with Gasteiger partial charge >= 0.3 is 0 Å². The summed E-state index contributed by atoms with van der Waals surface area (Å²) in [7, 11) is 0. The third kappa shape index (κ3) is 4.22. The van der Waals surface area contributed by atoms with E-state index in [9.17, 15) is 14.4 Å². The lowest BCUT2D eigenvalue weighted by Gasteiger charge is -2.26. The fourth-order valence-electron chi connectivity index (χ4n) is 3.67. The number of nitrogens with one attached hydrogen (secondary N) is 1. The van der Waals surface area contributed by atoms with Crippen LogP contribution in [0.25, 0.3) is 0 Å². The number of amides is 3.